The van der Waals surface area contributed by atoms with Gasteiger partial charge in [-0.25, -0.2) is 33.3 Å². The summed E-state index contributed by atoms with van der Waals surface area (Å²) in [5, 5.41) is 10.7. The maximum Gasteiger partial charge on any atom is 0.694 e. The topological polar surface area (TPSA) is 572 Å². The third-order valence-electron chi connectivity index (χ3n) is 13.0. The summed E-state index contributed by atoms with van der Waals surface area (Å²) >= 11 is 0. The van der Waals surface area contributed by atoms with E-state index in [4.69, 9.17) is 73.5 Å². The first-order valence-electron chi connectivity index (χ1n) is 24.0. The molecule has 4 unspecified atom stereocenters. The summed E-state index contributed by atoms with van der Waals surface area (Å²) in [6.07, 6.45) is -13.3. The Morgan fingerprint density at radius 2 is 0.939 bits per heavy atom. The summed E-state index contributed by atoms with van der Waals surface area (Å²) in [7, 11) is -19.2. The van der Waals surface area contributed by atoms with Crippen LogP contribution < -0.4 is 45.4 Å². The fourth-order valence-corrected chi connectivity index (χ4v) is 12.4. The third-order valence-corrected chi connectivity index (χ3v) is 16.4. The molecule has 444 valence electrons. The van der Waals surface area contributed by atoms with Crippen LogP contribution in [0, 0.1) is 0 Å². The number of phosphoric ester groups is 3. The normalized spacial score (nSPS) is 29.1. The number of ether oxygens (including phenoxy) is 4. The van der Waals surface area contributed by atoms with E-state index in [1.165, 1.54) is 40.0 Å². The Morgan fingerprint density at radius 1 is 0.573 bits per heavy atom. The van der Waals surface area contributed by atoms with Crippen molar-refractivity contribution in [3.8, 4) is 0 Å². The molecule has 4 fully saturated rings. The molecule has 16 atom stereocenters. The van der Waals surface area contributed by atoms with Crippen molar-refractivity contribution in [2.45, 2.75) is 99.4 Å². The second-order valence-corrected chi connectivity index (χ2v) is 23.4. The van der Waals surface area contributed by atoms with E-state index >= 15 is 0 Å². The summed E-state index contributed by atoms with van der Waals surface area (Å²) in [4.78, 5) is 121. The van der Waals surface area contributed by atoms with Gasteiger partial charge in [0, 0.05) is 42.6 Å². The second-order valence-electron chi connectivity index (χ2n) is 18.4. The zero-order valence-electron chi connectivity index (χ0n) is 41.6. The zero-order valence-corrected chi connectivity index (χ0v) is 45.2. The van der Waals surface area contributed by atoms with Gasteiger partial charge in [-0.1, -0.05) is 0 Å². The molecule has 6 aromatic rings. The first-order valence-corrected chi connectivity index (χ1v) is 29.6. The molecule has 0 aliphatic carbocycles. The van der Waals surface area contributed by atoms with Gasteiger partial charge in [-0.05, 0) is 12.1 Å². The predicted octanol–water partition coefficient (Wildman–Crippen LogP) is -2.22. The van der Waals surface area contributed by atoms with Gasteiger partial charge in [0.15, 0.2) is 22.3 Å². The van der Waals surface area contributed by atoms with Crippen molar-refractivity contribution < 1.29 is 93.6 Å². The molecule has 0 bridgehead atoms. The van der Waals surface area contributed by atoms with Crippen molar-refractivity contribution in [3.63, 3.8) is 0 Å². The minimum atomic E-state index is -5.43. The van der Waals surface area contributed by atoms with Crippen LogP contribution in [0.3, 0.4) is 0 Å². The summed E-state index contributed by atoms with van der Waals surface area (Å²) in [5.41, 5.74) is 19.0. The van der Waals surface area contributed by atoms with Gasteiger partial charge in [0.25, 0.3) is 11.1 Å². The number of aromatic nitrogens is 12. The highest BCUT2D eigenvalue weighted by Crippen LogP contribution is 2.54. The number of nitrogen functional groups attached to an aromatic ring is 4. The minimum absolute atomic E-state index is 0.0551. The number of nitrogens with one attached hydrogen (secondary N) is 2. The van der Waals surface area contributed by atoms with Crippen LogP contribution in [-0.4, -0.2) is 158 Å². The number of aliphatic hydroxyl groups is 1. The lowest BCUT2D eigenvalue weighted by atomic mass is 10.2. The molecule has 40 nitrogen and oxygen atoms in total. The Kier molecular flexibility index (Phi) is 16.9. The van der Waals surface area contributed by atoms with E-state index < -0.39 is 167 Å². The number of nitrogens with zero attached hydrogens (tertiary/aromatic N) is 10. The molecule has 0 saturated carbocycles. The number of rotatable bonds is 22. The number of hydrogen-bond donors (Lipinski definition) is 11. The molecule has 44 heteroatoms. The van der Waals surface area contributed by atoms with Gasteiger partial charge >= 0.3 is 43.1 Å². The quantitative estimate of drug-likeness (QED) is 0.0321. The van der Waals surface area contributed by atoms with E-state index in [0.29, 0.717) is 0 Å². The lowest BCUT2D eigenvalue weighted by molar-refractivity contribution is -0.0628. The van der Waals surface area contributed by atoms with Crippen molar-refractivity contribution >= 4 is 77.6 Å². The predicted molar refractivity (Wildman–Crippen MR) is 269 cm³/mol. The van der Waals surface area contributed by atoms with Crippen LogP contribution in [0.15, 0.2) is 56.4 Å². The molecule has 0 amide bonds. The molecule has 4 aliphatic heterocycles. The lowest BCUT2D eigenvalue weighted by Crippen LogP contribution is -2.31. The van der Waals surface area contributed by atoms with Gasteiger partial charge in [-0.15, -0.1) is 9.42 Å². The Morgan fingerprint density at radius 3 is 1.34 bits per heavy atom. The summed E-state index contributed by atoms with van der Waals surface area (Å²) in [6, 6.07) is 2.55. The highest BCUT2D eigenvalue weighted by atomic mass is 31.2. The molecule has 6 aromatic heterocycles. The number of hydrogen-bond acceptors (Lipinski definition) is 30. The molecule has 4 aliphatic rings. The fraction of sp³-hybridized carbons (Fsp3) is 0.526. The SMILES string of the molecule is Nc1ccn([C@H]2C[C@H](OP(=O)(O)OC[C@H]3O[C@@H](n4ccc(N)nc4=O)C[C@@H]3O)[C@@H](COP(=O)(O)O[C@H]3C[C@H](n4cnc5c(=O)[nH]c(N)nc54)O[C@@H]3COP(=O)(O)O[C@H]3C[C@H](n4cnc5c(=O)[nH]c(N)nc54)O[C@@H]3CO[P+](=O)O)O2)c(=O)n1. The summed E-state index contributed by atoms with van der Waals surface area (Å²) < 4.78 is 118. The number of fused-ring (bicyclic) bond motifs is 2. The number of anilines is 4. The molecule has 82 heavy (non-hydrogen) atoms. The Bertz CT molecular complexity index is 3790. The molecular formula is C38H49N16O24P4+. The molecule has 10 rings (SSSR count). The fourth-order valence-electron chi connectivity index (χ4n) is 9.27. The Hall–Kier alpha value is -6.19. The first kappa shape index (κ1) is 59.0. The summed E-state index contributed by atoms with van der Waals surface area (Å²) in [6.45, 7) is -3.42. The largest absolute Gasteiger partial charge is 0.694 e. The number of aromatic amines is 2. The van der Waals surface area contributed by atoms with Crippen molar-refractivity contribution in [2.75, 3.05) is 49.4 Å². The number of aliphatic hydroxyl groups excluding tert-OH is 1. The highest BCUT2D eigenvalue weighted by Gasteiger charge is 2.49. The van der Waals surface area contributed by atoms with Crippen LogP contribution in [0.2, 0.25) is 0 Å². The Balaban J connectivity index is 0.841. The van der Waals surface area contributed by atoms with Gasteiger partial charge in [0.1, 0.15) is 85.9 Å². The van der Waals surface area contributed by atoms with Crippen LogP contribution in [0.1, 0.15) is 50.6 Å². The molecule has 0 spiro atoms. The van der Waals surface area contributed by atoms with Crippen LogP contribution in [0.5, 0.6) is 0 Å². The molecule has 10 heterocycles. The van der Waals surface area contributed by atoms with Crippen molar-refractivity contribution in [2.24, 2.45) is 0 Å². The number of nitrogens with two attached hydrogens (primary N) is 4. The average molecular weight is 1240 g/mol. The monoisotopic (exact) mass is 1240 g/mol. The smallest absolute Gasteiger partial charge is 0.390 e. The van der Waals surface area contributed by atoms with Gasteiger partial charge in [0.2, 0.25) is 11.9 Å². The lowest BCUT2D eigenvalue weighted by Gasteiger charge is -2.25. The van der Waals surface area contributed by atoms with E-state index in [0.717, 1.165) is 15.5 Å². The van der Waals surface area contributed by atoms with Crippen molar-refractivity contribution in [1.29, 1.82) is 0 Å². The highest BCUT2D eigenvalue weighted by molar-refractivity contribution is 7.48. The van der Waals surface area contributed by atoms with E-state index in [9.17, 15) is 62.1 Å². The minimum Gasteiger partial charge on any atom is -0.390 e. The van der Waals surface area contributed by atoms with Gasteiger partial charge in [0.05, 0.1) is 38.6 Å². The molecule has 15 N–H and O–H groups in total. The van der Waals surface area contributed by atoms with E-state index in [2.05, 4.69) is 39.9 Å². The van der Waals surface area contributed by atoms with E-state index in [-0.39, 0.29) is 58.7 Å². The first-order chi connectivity index (χ1) is 38.8. The molecule has 0 aromatic carbocycles. The molecule has 4 saturated heterocycles. The van der Waals surface area contributed by atoms with Crippen molar-refractivity contribution in [1.82, 2.24) is 58.1 Å². The van der Waals surface area contributed by atoms with Crippen molar-refractivity contribution in [3.05, 3.63) is 78.9 Å². The number of imidazole rings is 2. The number of H-pyrrole nitrogens is 2. The van der Waals surface area contributed by atoms with Gasteiger partial charge in [-0.3, -0.25) is 65.0 Å². The second kappa shape index (κ2) is 23.5. The van der Waals surface area contributed by atoms with Crippen LogP contribution in [0.4, 0.5) is 23.5 Å². The molecule has 0 radical (unpaired) electrons. The maximum absolute atomic E-state index is 14.0. The molecular weight excluding hydrogens is 1190 g/mol. The average Bonchev–Trinajstić information content (AvgIpc) is 4.36. The third kappa shape index (κ3) is 13.3. The summed E-state index contributed by atoms with van der Waals surface area (Å²) in [5.74, 6) is -0.845. The van der Waals surface area contributed by atoms with E-state index in [1.807, 2.05) is 0 Å². The zero-order chi connectivity index (χ0) is 58.6. The van der Waals surface area contributed by atoms with E-state index in [1.54, 1.807) is 0 Å². The van der Waals surface area contributed by atoms with Gasteiger partial charge < -0.3 is 61.7 Å². The van der Waals surface area contributed by atoms with Crippen LogP contribution in [-0.2, 0) is 68.9 Å². The maximum atomic E-state index is 14.0. The van der Waals surface area contributed by atoms with Crippen LogP contribution in [0.25, 0.3) is 22.3 Å². The van der Waals surface area contributed by atoms with Gasteiger partial charge in [-0.2, -0.15) is 19.9 Å². The standard InChI is InChI=1S/C38H48N16O24P4/c39-23-1-3-51(37(58)45-23)25-5-15(55)19(72-25)10-69-80(62,63)77-17-6-26(52-4-2-24(40)46-38(52)59)74-21(17)11-70-82(66,67)78-18-8-28(54-14-44-30-32(54)48-36(42)50-34(30)57)75-22(18)12-71-81(64,65)76-16-7-27(73-20(16)9-68-79(60)61)53-13-43-29-31(53)47-35(41)49-33(29)56/h1-4,13-22,25-28,55H,5-12H2,(H13-,39,40,41,42,45,46,47,48,49,50,56,57,58,59,60,61,62,63,64,65,66,67)/p+1/t15-,16-,17-,18-,19+,20+,21+,22+,25+,26+,27+,28+/m0/s1. The number of phosphoric acid groups is 3. The van der Waals surface area contributed by atoms with Crippen LogP contribution >= 0.6 is 31.7 Å². The Labute approximate surface area is 455 Å².